The molecule has 2 rings (SSSR count). The van der Waals surface area contributed by atoms with Crippen LogP contribution in [0.2, 0.25) is 0 Å². The molecule has 1 atom stereocenters. The first-order valence-electron chi connectivity index (χ1n) is 6.06. The fourth-order valence-electron chi connectivity index (χ4n) is 2.17. The van der Waals surface area contributed by atoms with Gasteiger partial charge in [-0.25, -0.2) is 0 Å². The second-order valence-electron chi connectivity index (χ2n) is 4.50. The number of nitrogens with zero attached hydrogens (tertiary/aromatic N) is 2. The average molecular weight is 278 g/mol. The smallest absolute Gasteiger partial charge is 0.239 e. The number of rotatable bonds is 5. The van der Waals surface area contributed by atoms with E-state index < -0.39 is 6.04 Å². The van der Waals surface area contributed by atoms with Crippen LogP contribution in [0.5, 0.6) is 0 Å². The Labute approximate surface area is 116 Å². The molecule has 0 aliphatic rings. The molecular weight excluding hydrogens is 260 g/mol. The van der Waals surface area contributed by atoms with E-state index in [-0.39, 0.29) is 5.91 Å². The van der Waals surface area contributed by atoms with Crippen LogP contribution in [0.25, 0.3) is 0 Å². The van der Waals surface area contributed by atoms with Gasteiger partial charge in [0, 0.05) is 29.7 Å². The van der Waals surface area contributed by atoms with Crippen LogP contribution in [0, 0.1) is 13.8 Å². The molecule has 2 aromatic rings. The SMILES string of the molecule is Cc1nn(C)c(C)c1C(NCc1cccs1)C(N)=O. The molecule has 0 spiro atoms. The number of aryl methyl sites for hydroxylation is 2. The second kappa shape index (κ2) is 5.54. The van der Waals surface area contributed by atoms with E-state index in [1.807, 2.05) is 38.4 Å². The fraction of sp³-hybridized carbons (Fsp3) is 0.385. The van der Waals surface area contributed by atoms with Gasteiger partial charge in [0.2, 0.25) is 5.91 Å². The quantitative estimate of drug-likeness (QED) is 0.868. The van der Waals surface area contributed by atoms with E-state index in [0.29, 0.717) is 6.54 Å². The zero-order valence-corrected chi connectivity index (χ0v) is 12.1. The number of nitrogens with two attached hydrogens (primary N) is 1. The van der Waals surface area contributed by atoms with Crippen molar-refractivity contribution >= 4 is 17.2 Å². The standard InChI is InChI=1S/C13H18N4OS/c1-8-11(9(2)17(3)16-8)12(13(14)18)15-7-10-5-4-6-19-10/h4-6,12,15H,7H2,1-3H3,(H2,14,18). The van der Waals surface area contributed by atoms with Crippen molar-refractivity contribution in [3.63, 3.8) is 0 Å². The summed E-state index contributed by atoms with van der Waals surface area (Å²) in [6.45, 7) is 4.46. The molecule has 0 bridgehead atoms. The van der Waals surface area contributed by atoms with Gasteiger partial charge >= 0.3 is 0 Å². The zero-order chi connectivity index (χ0) is 14.0. The fourth-order valence-corrected chi connectivity index (χ4v) is 2.82. The first-order chi connectivity index (χ1) is 9.00. The number of nitrogens with one attached hydrogen (secondary N) is 1. The molecule has 0 aromatic carbocycles. The topological polar surface area (TPSA) is 72.9 Å². The number of carbonyl (C=O) groups excluding carboxylic acids is 1. The summed E-state index contributed by atoms with van der Waals surface area (Å²) in [4.78, 5) is 12.9. The summed E-state index contributed by atoms with van der Waals surface area (Å²) in [6.07, 6.45) is 0. The molecule has 1 amide bonds. The first kappa shape index (κ1) is 13.8. The summed E-state index contributed by atoms with van der Waals surface area (Å²) in [5.41, 5.74) is 8.20. The maximum atomic E-state index is 11.7. The van der Waals surface area contributed by atoms with E-state index in [0.717, 1.165) is 17.0 Å². The number of amides is 1. The van der Waals surface area contributed by atoms with Crippen molar-refractivity contribution in [2.75, 3.05) is 0 Å². The highest BCUT2D eigenvalue weighted by Crippen LogP contribution is 2.22. The lowest BCUT2D eigenvalue weighted by Crippen LogP contribution is -2.34. The van der Waals surface area contributed by atoms with Crippen molar-refractivity contribution in [1.29, 1.82) is 0 Å². The Morgan fingerprint density at radius 2 is 2.32 bits per heavy atom. The number of hydrogen-bond acceptors (Lipinski definition) is 4. The van der Waals surface area contributed by atoms with E-state index in [1.165, 1.54) is 4.88 Å². The van der Waals surface area contributed by atoms with Crippen molar-refractivity contribution in [2.45, 2.75) is 26.4 Å². The molecule has 2 heterocycles. The van der Waals surface area contributed by atoms with Crippen molar-refractivity contribution in [1.82, 2.24) is 15.1 Å². The van der Waals surface area contributed by atoms with Crippen LogP contribution in [0.4, 0.5) is 0 Å². The van der Waals surface area contributed by atoms with Crippen molar-refractivity contribution in [2.24, 2.45) is 12.8 Å². The predicted octanol–water partition coefficient (Wildman–Crippen LogP) is 1.41. The second-order valence-corrected chi connectivity index (χ2v) is 5.54. The van der Waals surface area contributed by atoms with Gasteiger partial charge < -0.3 is 5.73 Å². The molecule has 5 nitrogen and oxygen atoms in total. The minimum atomic E-state index is -0.504. The number of thiophene rings is 1. The molecule has 0 aliphatic carbocycles. The molecule has 102 valence electrons. The van der Waals surface area contributed by atoms with Crippen molar-refractivity contribution in [3.05, 3.63) is 39.3 Å². The minimum Gasteiger partial charge on any atom is -0.368 e. The van der Waals surface area contributed by atoms with Gasteiger partial charge in [-0.05, 0) is 25.3 Å². The van der Waals surface area contributed by atoms with Gasteiger partial charge in [-0.1, -0.05) is 6.07 Å². The van der Waals surface area contributed by atoms with Crippen LogP contribution < -0.4 is 11.1 Å². The van der Waals surface area contributed by atoms with Gasteiger partial charge in [-0.3, -0.25) is 14.8 Å². The molecule has 1 unspecified atom stereocenters. The molecule has 3 N–H and O–H groups in total. The summed E-state index contributed by atoms with van der Waals surface area (Å²) < 4.78 is 1.77. The third kappa shape index (κ3) is 2.85. The van der Waals surface area contributed by atoms with Crippen LogP contribution in [-0.2, 0) is 18.4 Å². The Hall–Kier alpha value is -1.66. The molecule has 0 radical (unpaired) electrons. The van der Waals surface area contributed by atoms with E-state index in [2.05, 4.69) is 10.4 Å². The molecule has 0 fully saturated rings. The van der Waals surface area contributed by atoms with Crippen LogP contribution in [0.3, 0.4) is 0 Å². The van der Waals surface area contributed by atoms with Gasteiger partial charge in [0.1, 0.15) is 6.04 Å². The Morgan fingerprint density at radius 1 is 1.58 bits per heavy atom. The lowest BCUT2D eigenvalue weighted by molar-refractivity contribution is -0.120. The third-order valence-electron chi connectivity index (χ3n) is 3.20. The largest absolute Gasteiger partial charge is 0.368 e. The molecule has 0 saturated carbocycles. The third-order valence-corrected chi connectivity index (χ3v) is 4.08. The predicted molar refractivity (Wildman–Crippen MR) is 75.8 cm³/mol. The monoisotopic (exact) mass is 278 g/mol. The molecular formula is C13H18N4OS. The van der Waals surface area contributed by atoms with E-state index in [4.69, 9.17) is 5.73 Å². The Morgan fingerprint density at radius 3 is 2.79 bits per heavy atom. The van der Waals surface area contributed by atoms with Gasteiger partial charge in [-0.15, -0.1) is 11.3 Å². The summed E-state index contributed by atoms with van der Waals surface area (Å²) in [6, 6.07) is 3.51. The first-order valence-corrected chi connectivity index (χ1v) is 6.94. The highest BCUT2D eigenvalue weighted by molar-refractivity contribution is 7.09. The van der Waals surface area contributed by atoms with E-state index in [9.17, 15) is 4.79 Å². The maximum absolute atomic E-state index is 11.7. The Kier molecular flexibility index (Phi) is 4.01. The summed E-state index contributed by atoms with van der Waals surface area (Å²) in [7, 11) is 1.86. The Bertz CT molecular complexity index is 574. The highest BCUT2D eigenvalue weighted by atomic mass is 32.1. The summed E-state index contributed by atoms with van der Waals surface area (Å²) in [5, 5.41) is 9.56. The molecule has 19 heavy (non-hydrogen) atoms. The number of carbonyl (C=O) groups is 1. The van der Waals surface area contributed by atoms with E-state index >= 15 is 0 Å². The van der Waals surface area contributed by atoms with E-state index in [1.54, 1.807) is 16.0 Å². The summed E-state index contributed by atoms with van der Waals surface area (Å²) in [5.74, 6) is -0.379. The van der Waals surface area contributed by atoms with Gasteiger partial charge in [-0.2, -0.15) is 5.10 Å². The summed E-state index contributed by atoms with van der Waals surface area (Å²) >= 11 is 1.65. The lowest BCUT2D eigenvalue weighted by Gasteiger charge is -2.15. The average Bonchev–Trinajstić information content (AvgIpc) is 2.92. The zero-order valence-electron chi connectivity index (χ0n) is 11.3. The van der Waals surface area contributed by atoms with Gasteiger partial charge in [0.15, 0.2) is 0 Å². The van der Waals surface area contributed by atoms with Gasteiger partial charge in [0.05, 0.1) is 5.69 Å². The normalized spacial score (nSPS) is 12.6. The van der Waals surface area contributed by atoms with Gasteiger partial charge in [0.25, 0.3) is 0 Å². The molecule has 0 aliphatic heterocycles. The Balaban J connectivity index is 2.22. The van der Waals surface area contributed by atoms with Crippen molar-refractivity contribution < 1.29 is 4.79 Å². The highest BCUT2D eigenvalue weighted by Gasteiger charge is 2.24. The molecule has 0 saturated heterocycles. The van der Waals surface area contributed by atoms with Crippen LogP contribution in [0.15, 0.2) is 17.5 Å². The van der Waals surface area contributed by atoms with Crippen LogP contribution in [-0.4, -0.2) is 15.7 Å². The van der Waals surface area contributed by atoms with Crippen LogP contribution >= 0.6 is 11.3 Å². The lowest BCUT2D eigenvalue weighted by atomic mass is 10.0. The maximum Gasteiger partial charge on any atom is 0.239 e. The van der Waals surface area contributed by atoms with Crippen molar-refractivity contribution in [3.8, 4) is 0 Å². The molecule has 6 heteroatoms. The number of primary amides is 1. The number of aromatic nitrogens is 2. The molecule has 2 aromatic heterocycles. The number of hydrogen-bond donors (Lipinski definition) is 2. The van der Waals surface area contributed by atoms with Crippen LogP contribution in [0.1, 0.15) is 27.9 Å². The minimum absolute atomic E-state index is 0.379.